The van der Waals surface area contributed by atoms with Crippen molar-refractivity contribution in [3.8, 4) is 11.5 Å². The number of nitrogens with zero attached hydrogens (tertiary/aromatic N) is 1. The molecule has 1 amide bonds. The maximum absolute atomic E-state index is 12.2. The first-order valence-electron chi connectivity index (χ1n) is 8.05. The summed E-state index contributed by atoms with van der Waals surface area (Å²) in [5.74, 6) is 2.50. The number of hydrogen-bond donors (Lipinski definition) is 1. The van der Waals surface area contributed by atoms with E-state index < -0.39 is 0 Å². The minimum atomic E-state index is -0.0270. The Kier molecular flexibility index (Phi) is 4.74. The first kappa shape index (κ1) is 16.4. The van der Waals surface area contributed by atoms with E-state index in [-0.39, 0.29) is 11.8 Å². The molecule has 0 spiro atoms. The second kappa shape index (κ2) is 6.95. The van der Waals surface area contributed by atoms with Crippen LogP contribution in [0, 0.1) is 19.8 Å². The molecular formula is C18H22N2O4. The molecule has 1 aliphatic heterocycles. The Morgan fingerprint density at radius 2 is 2.25 bits per heavy atom. The third kappa shape index (κ3) is 3.37. The van der Waals surface area contributed by atoms with Gasteiger partial charge in [0.1, 0.15) is 5.76 Å². The molecule has 0 unspecified atom stereocenters. The van der Waals surface area contributed by atoms with Gasteiger partial charge in [-0.2, -0.15) is 0 Å². The van der Waals surface area contributed by atoms with Crippen LogP contribution in [0.4, 0.5) is 0 Å². The maximum atomic E-state index is 12.2. The van der Waals surface area contributed by atoms with Crippen LogP contribution < -0.4 is 14.8 Å². The lowest BCUT2D eigenvalue weighted by molar-refractivity contribution is -0.120. The molecule has 0 radical (unpaired) electrons. The number of benzene rings is 1. The highest BCUT2D eigenvalue weighted by molar-refractivity contribution is 5.79. The molecule has 0 saturated carbocycles. The highest BCUT2D eigenvalue weighted by Gasteiger charge is 2.23. The van der Waals surface area contributed by atoms with Crippen molar-refractivity contribution < 1.29 is 18.8 Å². The van der Waals surface area contributed by atoms with Crippen molar-refractivity contribution in [3.05, 3.63) is 40.8 Å². The van der Waals surface area contributed by atoms with Crippen LogP contribution in [0.3, 0.4) is 0 Å². The van der Waals surface area contributed by atoms with Gasteiger partial charge in [-0.15, -0.1) is 0 Å². The highest BCUT2D eigenvalue weighted by atomic mass is 16.5. The zero-order chi connectivity index (χ0) is 17.1. The van der Waals surface area contributed by atoms with Crippen LogP contribution in [0.1, 0.15) is 22.6 Å². The summed E-state index contributed by atoms with van der Waals surface area (Å²) in [7, 11) is 1.64. The van der Waals surface area contributed by atoms with E-state index in [0.717, 1.165) is 34.7 Å². The number of para-hydroxylation sites is 1. The van der Waals surface area contributed by atoms with Crippen LogP contribution in [0.25, 0.3) is 0 Å². The van der Waals surface area contributed by atoms with Gasteiger partial charge >= 0.3 is 0 Å². The van der Waals surface area contributed by atoms with Gasteiger partial charge in [0.05, 0.1) is 25.8 Å². The fraction of sp³-hybridized carbons (Fsp3) is 0.444. The molecule has 1 aromatic heterocycles. The van der Waals surface area contributed by atoms with Gasteiger partial charge in [-0.05, 0) is 31.9 Å². The van der Waals surface area contributed by atoms with E-state index >= 15 is 0 Å². The number of hydrogen-bond acceptors (Lipinski definition) is 5. The summed E-state index contributed by atoms with van der Waals surface area (Å²) in [6.45, 7) is 4.82. The van der Waals surface area contributed by atoms with E-state index in [9.17, 15) is 4.79 Å². The standard InChI is InChI=1S/C18H22N2O4/c1-11-15(12(2)24-20-11)8-17(21)19-9-13-7-14-5-4-6-16(22-3)18(14)23-10-13/h4-6,13H,7-10H2,1-3H3,(H,19,21)/t13-/m0/s1. The molecule has 0 aliphatic carbocycles. The SMILES string of the molecule is COc1cccc2c1OC[C@H](CNC(=O)Cc1c(C)noc1C)C2. The number of nitrogens with one attached hydrogen (secondary N) is 1. The number of methoxy groups -OCH3 is 1. The van der Waals surface area contributed by atoms with E-state index in [1.54, 1.807) is 7.11 Å². The summed E-state index contributed by atoms with van der Waals surface area (Å²) < 4.78 is 16.2. The van der Waals surface area contributed by atoms with Crippen molar-refractivity contribution in [3.63, 3.8) is 0 Å². The van der Waals surface area contributed by atoms with Crippen LogP contribution in [0.5, 0.6) is 11.5 Å². The number of aromatic nitrogens is 1. The smallest absolute Gasteiger partial charge is 0.224 e. The van der Waals surface area contributed by atoms with E-state index in [2.05, 4.69) is 10.5 Å². The lowest BCUT2D eigenvalue weighted by atomic mass is 9.96. The van der Waals surface area contributed by atoms with Gasteiger partial charge in [0.15, 0.2) is 11.5 Å². The lowest BCUT2D eigenvalue weighted by Gasteiger charge is -2.26. The fourth-order valence-corrected chi connectivity index (χ4v) is 2.98. The quantitative estimate of drug-likeness (QED) is 0.910. The lowest BCUT2D eigenvalue weighted by Crippen LogP contribution is -2.35. The summed E-state index contributed by atoms with van der Waals surface area (Å²) in [5.41, 5.74) is 2.75. The molecule has 24 heavy (non-hydrogen) atoms. The number of carbonyl (C=O) groups is 1. The third-order valence-corrected chi connectivity index (χ3v) is 4.36. The number of amides is 1. The topological polar surface area (TPSA) is 73.6 Å². The first-order chi connectivity index (χ1) is 11.6. The van der Waals surface area contributed by atoms with Crippen LogP contribution in [-0.4, -0.2) is 31.3 Å². The molecule has 1 N–H and O–H groups in total. The molecule has 6 nitrogen and oxygen atoms in total. The van der Waals surface area contributed by atoms with Crippen molar-refractivity contribution in [1.82, 2.24) is 10.5 Å². The van der Waals surface area contributed by atoms with Gasteiger partial charge in [-0.1, -0.05) is 17.3 Å². The Hall–Kier alpha value is -2.50. The molecule has 1 atom stereocenters. The third-order valence-electron chi connectivity index (χ3n) is 4.36. The van der Waals surface area contributed by atoms with Crippen molar-refractivity contribution in [2.24, 2.45) is 5.92 Å². The Morgan fingerprint density at radius 1 is 1.42 bits per heavy atom. The monoisotopic (exact) mass is 330 g/mol. The van der Waals surface area contributed by atoms with Crippen LogP contribution in [0.2, 0.25) is 0 Å². The average molecular weight is 330 g/mol. The minimum absolute atomic E-state index is 0.0270. The highest BCUT2D eigenvalue weighted by Crippen LogP contribution is 2.35. The molecule has 2 aromatic rings. The van der Waals surface area contributed by atoms with E-state index in [1.807, 2.05) is 32.0 Å². The second-order valence-electron chi connectivity index (χ2n) is 6.11. The molecule has 1 aliphatic rings. The Balaban J connectivity index is 1.55. The summed E-state index contributed by atoms with van der Waals surface area (Å²) in [6.07, 6.45) is 1.15. The molecule has 0 saturated heterocycles. The average Bonchev–Trinajstić information content (AvgIpc) is 2.91. The Labute approximate surface area is 141 Å². The van der Waals surface area contributed by atoms with E-state index in [0.29, 0.717) is 25.3 Å². The second-order valence-corrected chi connectivity index (χ2v) is 6.11. The van der Waals surface area contributed by atoms with Gasteiger partial charge in [-0.3, -0.25) is 4.79 Å². The van der Waals surface area contributed by atoms with Gasteiger partial charge in [0, 0.05) is 18.0 Å². The van der Waals surface area contributed by atoms with Crippen molar-refractivity contribution in [2.45, 2.75) is 26.7 Å². The summed E-state index contributed by atoms with van der Waals surface area (Å²) >= 11 is 0. The van der Waals surface area contributed by atoms with Gasteiger partial charge in [-0.25, -0.2) is 0 Å². The molecule has 6 heteroatoms. The van der Waals surface area contributed by atoms with Gasteiger partial charge < -0.3 is 19.3 Å². The largest absolute Gasteiger partial charge is 0.493 e. The Bertz CT molecular complexity index is 719. The molecule has 1 aromatic carbocycles. The summed E-state index contributed by atoms with van der Waals surface area (Å²) in [5, 5.41) is 6.86. The molecular weight excluding hydrogens is 308 g/mol. The molecule has 0 fully saturated rings. The summed E-state index contributed by atoms with van der Waals surface area (Å²) in [6, 6.07) is 5.89. The van der Waals surface area contributed by atoms with Crippen molar-refractivity contribution in [2.75, 3.05) is 20.3 Å². The number of aryl methyl sites for hydroxylation is 2. The molecule has 0 bridgehead atoms. The Morgan fingerprint density at radius 3 is 2.96 bits per heavy atom. The first-order valence-corrected chi connectivity index (χ1v) is 8.05. The predicted molar refractivity (Wildman–Crippen MR) is 88.4 cm³/mol. The van der Waals surface area contributed by atoms with Crippen LogP contribution >= 0.6 is 0 Å². The summed E-state index contributed by atoms with van der Waals surface area (Å²) in [4.78, 5) is 12.2. The molecule has 128 valence electrons. The van der Waals surface area contributed by atoms with E-state index in [1.165, 1.54) is 0 Å². The van der Waals surface area contributed by atoms with Gasteiger partial charge in [0.25, 0.3) is 0 Å². The maximum Gasteiger partial charge on any atom is 0.224 e. The number of ether oxygens (including phenoxy) is 2. The minimum Gasteiger partial charge on any atom is -0.493 e. The zero-order valence-corrected chi connectivity index (χ0v) is 14.2. The van der Waals surface area contributed by atoms with E-state index in [4.69, 9.17) is 14.0 Å². The number of rotatable bonds is 5. The van der Waals surface area contributed by atoms with Crippen LogP contribution in [0.15, 0.2) is 22.7 Å². The predicted octanol–water partition coefficient (Wildman–Crippen LogP) is 2.21. The number of fused-ring (bicyclic) bond motifs is 1. The van der Waals surface area contributed by atoms with Gasteiger partial charge in [0.2, 0.25) is 5.91 Å². The zero-order valence-electron chi connectivity index (χ0n) is 14.2. The number of carbonyl (C=O) groups excluding carboxylic acids is 1. The molecule has 2 heterocycles. The van der Waals surface area contributed by atoms with Crippen molar-refractivity contribution in [1.29, 1.82) is 0 Å². The fourth-order valence-electron chi connectivity index (χ4n) is 2.98. The molecule has 3 rings (SSSR count). The van der Waals surface area contributed by atoms with Crippen molar-refractivity contribution >= 4 is 5.91 Å². The van der Waals surface area contributed by atoms with Crippen LogP contribution in [-0.2, 0) is 17.6 Å². The normalized spacial score (nSPS) is 16.2.